The van der Waals surface area contributed by atoms with Gasteiger partial charge in [-0.05, 0) is 0 Å². The number of hydrogen-bond acceptors (Lipinski definition) is 2. The fourth-order valence-corrected chi connectivity index (χ4v) is 0.593. The summed E-state index contributed by atoms with van der Waals surface area (Å²) >= 11 is 0. The van der Waals surface area contributed by atoms with Gasteiger partial charge in [0.05, 0.1) is 0 Å². The molecule has 1 aromatic rings. The summed E-state index contributed by atoms with van der Waals surface area (Å²) < 4.78 is 0. The van der Waals surface area contributed by atoms with Crippen LogP contribution < -0.4 is 32.4 Å². The molecular weight excluding hydrogens is 132 g/mol. The number of rotatable bonds is 0. The highest BCUT2D eigenvalue weighted by Crippen LogP contribution is 1.44. The second-order valence-electron chi connectivity index (χ2n) is 1.90. The molecule has 0 aliphatic carbocycles. The predicted octanol–water partition coefficient (Wildman–Crippen LogP) is -5.40. The van der Waals surface area contributed by atoms with Gasteiger partial charge in [0.15, 0.2) is 0 Å². The highest BCUT2D eigenvalue weighted by molar-refractivity contribution is 4.97. The zero-order valence-electron chi connectivity index (χ0n) is 5.13. The van der Waals surface area contributed by atoms with E-state index in [0.717, 1.165) is 0 Å². The molecule has 4 heteroatoms. The van der Waals surface area contributed by atoms with Crippen LogP contribution in [0.3, 0.4) is 0 Å². The van der Waals surface area contributed by atoms with Crippen LogP contribution in [0.15, 0.2) is 21.7 Å². The Hall–Kier alpha value is -1.58. The Bertz CT molecular complexity index is 397. The largest absolute Gasteiger partial charge is 0.302 e. The van der Waals surface area contributed by atoms with Crippen molar-refractivity contribution < 1.29 is 10.8 Å². The lowest BCUT2D eigenvalue weighted by molar-refractivity contribution is -0.180. The Labute approximate surface area is 55.1 Å². The smallest absolute Gasteiger partial charge is 0.278 e. The van der Waals surface area contributed by atoms with E-state index in [1.54, 1.807) is 0 Å². The molecule has 50 valence electrons. The van der Waals surface area contributed by atoms with Crippen molar-refractivity contribution in [2.24, 2.45) is 0 Å². The lowest BCUT2D eigenvalue weighted by Gasteiger charge is -1.68. The van der Waals surface area contributed by atoms with Crippen molar-refractivity contribution in [2.75, 3.05) is 0 Å². The van der Waals surface area contributed by atoms with E-state index in [-0.39, 0.29) is 10.7 Å². The molecule has 0 aliphatic heterocycles. The Morgan fingerprint density at radius 2 is 1.20 bits per heavy atom. The van der Waals surface area contributed by atoms with Crippen LogP contribution in [0.25, 0.3) is 0 Å². The molecule has 4 nitrogen and oxygen atoms in total. The molecule has 0 unspecified atom stereocenters. The molecule has 0 atom stereocenters. The van der Waals surface area contributed by atoms with Crippen LogP contribution in [-0.2, 0) is 0 Å². The van der Waals surface area contributed by atoms with E-state index in [1.165, 1.54) is 12.1 Å². The average molecular weight is 138 g/mol. The van der Waals surface area contributed by atoms with Gasteiger partial charge in [0.25, 0.3) is 0 Å². The van der Waals surface area contributed by atoms with Crippen molar-refractivity contribution in [2.45, 2.75) is 0 Å². The van der Waals surface area contributed by atoms with Crippen LogP contribution in [0, 0.1) is 0 Å². The topological polar surface area (TPSA) is 85.3 Å². The molecule has 0 bridgehead atoms. The van der Waals surface area contributed by atoms with Crippen LogP contribution in [0.1, 0.15) is 0 Å². The molecule has 10 heavy (non-hydrogen) atoms. The van der Waals surface area contributed by atoms with Crippen molar-refractivity contribution in [1.29, 1.82) is 0 Å². The van der Waals surface area contributed by atoms with E-state index in [0.29, 0.717) is 0 Å². The fraction of sp³-hybridized carbons (Fsp3) is 0. The number of hydrogen-bond donors (Lipinski definition) is 2. The van der Waals surface area contributed by atoms with Gasteiger partial charge in [-0.15, -0.1) is 0 Å². The minimum absolute atomic E-state index is 0.0563. The minimum Gasteiger partial charge on any atom is -0.278 e. The van der Waals surface area contributed by atoms with Gasteiger partial charge in [-0.1, -0.05) is 0 Å². The van der Waals surface area contributed by atoms with E-state index in [2.05, 4.69) is 0 Å². The quantitative estimate of drug-likeness (QED) is 0.351. The van der Waals surface area contributed by atoms with Crippen molar-refractivity contribution in [3.05, 3.63) is 43.3 Å². The molecule has 0 aromatic heterocycles. The first-order valence-corrected chi connectivity index (χ1v) is 2.65. The first-order chi connectivity index (χ1) is 4.63. The zero-order valence-corrected chi connectivity index (χ0v) is 5.13. The maximum atomic E-state index is 10.7. The molecule has 4 N–H and O–H groups in total. The van der Waals surface area contributed by atoms with Crippen LogP contribution in [0.5, 0.6) is 0 Å². The van der Waals surface area contributed by atoms with Gasteiger partial charge in [0.2, 0.25) is 10.7 Å². The summed E-state index contributed by atoms with van der Waals surface area (Å²) in [6.07, 6.45) is 0. The molecular formula is C6H6N2O2+2. The van der Waals surface area contributed by atoms with Gasteiger partial charge < -0.3 is 0 Å². The third-order valence-corrected chi connectivity index (χ3v) is 1.17. The Morgan fingerprint density at radius 3 is 1.50 bits per heavy atom. The molecule has 0 saturated heterocycles. The number of nitrogens with two attached hydrogens (primary N) is 2. The normalized spacial score (nSPS) is 9.60. The van der Waals surface area contributed by atoms with Crippen LogP contribution in [-0.4, -0.2) is 0 Å². The average Bonchev–Trinajstić information content (AvgIpc) is 1.93. The van der Waals surface area contributed by atoms with E-state index in [4.69, 9.17) is 10.8 Å². The molecule has 0 fully saturated rings. The monoisotopic (exact) mass is 138 g/mol. The molecule has 0 aliphatic rings. The Morgan fingerprint density at radius 1 is 0.900 bits per heavy atom. The predicted molar refractivity (Wildman–Crippen MR) is 31.5 cm³/mol. The van der Waals surface area contributed by atoms with E-state index >= 15 is 0 Å². The highest BCUT2D eigenvalue weighted by atomic mass is 16.2. The molecule has 1 rings (SSSR count). The highest BCUT2D eigenvalue weighted by Gasteiger charge is 2.02. The molecule has 0 saturated carbocycles. The summed E-state index contributed by atoms with van der Waals surface area (Å²) in [5.74, 6) is 0. The lowest BCUT2D eigenvalue weighted by Crippen LogP contribution is -2.65. The summed E-state index contributed by atoms with van der Waals surface area (Å²) in [5, 5.41) is 10.1. The fourth-order valence-electron chi connectivity index (χ4n) is 0.593. The van der Waals surface area contributed by atoms with E-state index in [9.17, 15) is 9.59 Å². The van der Waals surface area contributed by atoms with Crippen molar-refractivity contribution in [1.82, 2.24) is 0 Å². The minimum atomic E-state index is -0.722. The molecule has 0 amide bonds. The summed E-state index contributed by atoms with van der Waals surface area (Å²) in [6, 6.07) is 2.64. The van der Waals surface area contributed by atoms with Gasteiger partial charge in [0, 0.05) is 12.1 Å². The summed E-state index contributed by atoms with van der Waals surface area (Å²) in [6.45, 7) is 0. The SMILES string of the molecule is [NH2+]=c1ccc(=[NH2+])c(=O)c1=O. The Balaban J connectivity index is 4.04. The van der Waals surface area contributed by atoms with Gasteiger partial charge in [-0.2, -0.15) is 0 Å². The zero-order chi connectivity index (χ0) is 7.72. The number of benzene rings is 1. The maximum Gasteiger partial charge on any atom is 0.302 e. The Kier molecular flexibility index (Phi) is 1.30. The summed E-state index contributed by atoms with van der Waals surface area (Å²) in [7, 11) is 0. The van der Waals surface area contributed by atoms with E-state index < -0.39 is 10.9 Å². The first-order valence-electron chi connectivity index (χ1n) is 2.65. The molecule has 0 spiro atoms. The first kappa shape index (κ1) is 6.54. The lowest BCUT2D eigenvalue weighted by atomic mass is 10.3. The van der Waals surface area contributed by atoms with Gasteiger partial charge in [-0.3, -0.25) is 20.4 Å². The standard InChI is InChI=1S/C6H4N2O2/c7-3-1-2-4(8)6(10)5(3)9/h1-2,7-8H/p+2. The van der Waals surface area contributed by atoms with Crippen LogP contribution >= 0.6 is 0 Å². The van der Waals surface area contributed by atoms with Crippen LogP contribution in [0.4, 0.5) is 0 Å². The third kappa shape index (κ3) is 0.793. The molecule has 0 heterocycles. The summed E-state index contributed by atoms with van der Waals surface area (Å²) in [4.78, 5) is 21.3. The van der Waals surface area contributed by atoms with Crippen molar-refractivity contribution in [3.63, 3.8) is 0 Å². The second kappa shape index (κ2) is 1.98. The van der Waals surface area contributed by atoms with Gasteiger partial charge in [-0.25, -0.2) is 0 Å². The van der Waals surface area contributed by atoms with Crippen molar-refractivity contribution in [3.8, 4) is 0 Å². The maximum absolute atomic E-state index is 10.7. The van der Waals surface area contributed by atoms with Gasteiger partial charge >= 0.3 is 10.9 Å². The molecule has 1 aromatic carbocycles. The molecule has 0 radical (unpaired) electrons. The second-order valence-corrected chi connectivity index (χ2v) is 1.90. The third-order valence-electron chi connectivity index (χ3n) is 1.17. The summed E-state index contributed by atoms with van der Waals surface area (Å²) in [5.41, 5.74) is -1.44. The van der Waals surface area contributed by atoms with Crippen molar-refractivity contribution >= 4 is 0 Å². The van der Waals surface area contributed by atoms with Gasteiger partial charge in [0.1, 0.15) is 0 Å². The van der Waals surface area contributed by atoms with Crippen LogP contribution in [0.2, 0.25) is 0 Å². The van der Waals surface area contributed by atoms with E-state index in [1.807, 2.05) is 0 Å².